The van der Waals surface area contributed by atoms with Gasteiger partial charge >= 0.3 is 12.1 Å². The average molecular weight is 309 g/mol. The van der Waals surface area contributed by atoms with Crippen LogP contribution in [0.4, 0.5) is 13.2 Å². The van der Waals surface area contributed by atoms with Crippen molar-refractivity contribution in [3.05, 3.63) is 0 Å². The van der Waals surface area contributed by atoms with Crippen LogP contribution in [0.5, 0.6) is 0 Å². The summed E-state index contributed by atoms with van der Waals surface area (Å²) in [7, 11) is 0. The predicted molar refractivity (Wildman–Crippen MR) is 70.6 cm³/mol. The van der Waals surface area contributed by atoms with Crippen LogP contribution in [0.15, 0.2) is 0 Å². The molecule has 0 aromatic carbocycles. The van der Waals surface area contributed by atoms with Gasteiger partial charge in [0.1, 0.15) is 6.54 Å². The smallest absolute Gasteiger partial charge is 0.406 e. The number of aliphatic carboxylic acids is 1. The highest BCUT2D eigenvalue weighted by atomic mass is 19.4. The molecule has 0 bridgehead atoms. The highest BCUT2D eigenvalue weighted by molar-refractivity contribution is 5.85. The molecular weight excluding hydrogens is 287 g/mol. The van der Waals surface area contributed by atoms with Gasteiger partial charge in [0.25, 0.3) is 0 Å². The van der Waals surface area contributed by atoms with E-state index in [2.05, 4.69) is 0 Å². The maximum atomic E-state index is 12.7. The maximum Gasteiger partial charge on any atom is 0.406 e. The quantitative estimate of drug-likeness (QED) is 0.820. The molecule has 1 N–H and O–H groups in total. The lowest BCUT2D eigenvalue weighted by atomic mass is 9.93. The maximum absolute atomic E-state index is 12.7. The molecule has 0 aromatic rings. The highest BCUT2D eigenvalue weighted by Crippen LogP contribution is 2.35. The zero-order valence-corrected chi connectivity index (χ0v) is 12.3. The normalized spacial score (nSPS) is 22.6. The number of carbonyl (C=O) groups is 2. The van der Waals surface area contributed by atoms with E-state index in [9.17, 15) is 22.8 Å². The van der Waals surface area contributed by atoms with Crippen molar-refractivity contribution in [3.8, 4) is 0 Å². The van der Waals surface area contributed by atoms with E-state index in [4.69, 9.17) is 5.11 Å². The van der Waals surface area contributed by atoms with Crippen LogP contribution >= 0.6 is 0 Å². The Bertz CT molecular complexity index is 380. The minimum absolute atomic E-state index is 0.351. The molecule has 0 aliphatic heterocycles. The van der Waals surface area contributed by atoms with Gasteiger partial charge in [0.2, 0.25) is 5.91 Å². The Labute approximate surface area is 122 Å². The molecule has 1 amide bonds. The van der Waals surface area contributed by atoms with E-state index in [1.165, 1.54) is 0 Å². The number of carboxylic acid groups (broad SMARTS) is 1. The number of hydrogen-bond donors (Lipinski definition) is 1. The van der Waals surface area contributed by atoms with Crippen molar-refractivity contribution >= 4 is 11.9 Å². The van der Waals surface area contributed by atoms with Crippen molar-refractivity contribution in [3.63, 3.8) is 0 Å². The number of alkyl halides is 3. The zero-order chi connectivity index (χ0) is 16.2. The molecule has 0 heterocycles. The monoisotopic (exact) mass is 309 g/mol. The molecule has 0 aromatic heterocycles. The van der Waals surface area contributed by atoms with Crippen molar-refractivity contribution < 1.29 is 27.9 Å². The van der Waals surface area contributed by atoms with Gasteiger partial charge in [-0.05, 0) is 25.7 Å². The zero-order valence-electron chi connectivity index (χ0n) is 12.3. The third-order valence-electron chi connectivity index (χ3n) is 4.17. The summed E-state index contributed by atoms with van der Waals surface area (Å²) in [5.74, 6) is -3.44. The fourth-order valence-electron chi connectivity index (χ4n) is 3.07. The minimum Gasteiger partial charge on any atom is -0.481 e. The van der Waals surface area contributed by atoms with Crippen molar-refractivity contribution in [1.29, 1.82) is 0 Å². The van der Waals surface area contributed by atoms with E-state index in [1.54, 1.807) is 13.8 Å². The Kier molecular flexibility index (Phi) is 6.04. The summed E-state index contributed by atoms with van der Waals surface area (Å²) in [5, 5.41) is 9.11. The van der Waals surface area contributed by atoms with E-state index in [0.717, 1.165) is 4.90 Å². The minimum atomic E-state index is -4.48. The van der Waals surface area contributed by atoms with Gasteiger partial charge in [-0.3, -0.25) is 9.59 Å². The molecule has 1 aliphatic carbocycles. The van der Waals surface area contributed by atoms with Crippen molar-refractivity contribution in [2.45, 2.75) is 58.2 Å². The highest BCUT2D eigenvalue weighted by Gasteiger charge is 2.43. The second kappa shape index (κ2) is 7.13. The second-order valence-electron chi connectivity index (χ2n) is 5.53. The van der Waals surface area contributed by atoms with Gasteiger partial charge in [0, 0.05) is 6.04 Å². The van der Waals surface area contributed by atoms with Gasteiger partial charge in [0.15, 0.2) is 0 Å². The van der Waals surface area contributed by atoms with Crippen LogP contribution in [-0.2, 0) is 9.59 Å². The fraction of sp³-hybridized carbons (Fsp3) is 0.857. The summed E-state index contributed by atoms with van der Waals surface area (Å²) < 4.78 is 38.2. The van der Waals surface area contributed by atoms with Crippen molar-refractivity contribution in [2.24, 2.45) is 11.8 Å². The van der Waals surface area contributed by atoms with Crippen LogP contribution in [-0.4, -0.2) is 40.6 Å². The first kappa shape index (κ1) is 17.8. The summed E-state index contributed by atoms with van der Waals surface area (Å²) in [6.45, 7) is 2.16. The van der Waals surface area contributed by atoms with Gasteiger partial charge in [-0.2, -0.15) is 13.2 Å². The molecule has 0 spiro atoms. The number of amides is 1. The summed E-state index contributed by atoms with van der Waals surface area (Å²) >= 11 is 0. The number of rotatable bonds is 6. The molecule has 1 saturated carbocycles. The first-order valence-corrected chi connectivity index (χ1v) is 7.31. The van der Waals surface area contributed by atoms with Crippen molar-refractivity contribution in [2.75, 3.05) is 6.54 Å². The summed E-state index contributed by atoms with van der Waals surface area (Å²) in [4.78, 5) is 24.4. The number of halogens is 3. The van der Waals surface area contributed by atoms with Gasteiger partial charge in [-0.25, -0.2) is 0 Å². The van der Waals surface area contributed by atoms with E-state index >= 15 is 0 Å². The molecule has 0 unspecified atom stereocenters. The molecule has 0 radical (unpaired) electrons. The molecule has 122 valence electrons. The molecular formula is C14H22F3NO3. The lowest BCUT2D eigenvalue weighted by molar-refractivity contribution is -0.170. The summed E-state index contributed by atoms with van der Waals surface area (Å²) in [6.07, 6.45) is -2.36. The standard InChI is InChI=1S/C14H22F3NO3/c1-3-9(4-2)18(8-14(15,16)17)12(19)10-6-5-7-11(10)13(20)21/h9-11H,3-8H2,1-2H3,(H,20,21)/t10-,11+/m1/s1. The summed E-state index contributed by atoms with van der Waals surface area (Å²) in [5.41, 5.74) is 0. The molecule has 0 saturated heterocycles. The van der Waals surface area contributed by atoms with Gasteiger partial charge in [0.05, 0.1) is 11.8 Å². The van der Waals surface area contributed by atoms with Crippen LogP contribution in [0, 0.1) is 11.8 Å². The molecule has 21 heavy (non-hydrogen) atoms. The lowest BCUT2D eigenvalue weighted by Gasteiger charge is -2.34. The van der Waals surface area contributed by atoms with Gasteiger partial charge in [-0.1, -0.05) is 20.3 Å². The van der Waals surface area contributed by atoms with Crippen LogP contribution in [0.3, 0.4) is 0 Å². The third kappa shape index (κ3) is 4.61. The Balaban J connectivity index is 2.96. The SMILES string of the molecule is CCC(CC)N(CC(F)(F)F)C(=O)[C@@H]1CCC[C@@H]1C(=O)O. The molecule has 7 heteroatoms. The van der Waals surface area contributed by atoms with Crippen LogP contribution in [0.1, 0.15) is 46.0 Å². The van der Waals surface area contributed by atoms with E-state index < -0.39 is 42.5 Å². The van der Waals surface area contributed by atoms with Crippen LogP contribution in [0.2, 0.25) is 0 Å². The average Bonchev–Trinajstić information content (AvgIpc) is 2.86. The topological polar surface area (TPSA) is 57.6 Å². The van der Waals surface area contributed by atoms with Gasteiger partial charge < -0.3 is 10.0 Å². The molecule has 4 nitrogen and oxygen atoms in total. The first-order valence-electron chi connectivity index (χ1n) is 7.31. The number of carboxylic acids is 1. The largest absolute Gasteiger partial charge is 0.481 e. The Morgan fingerprint density at radius 2 is 1.71 bits per heavy atom. The Hall–Kier alpha value is -1.27. The van der Waals surface area contributed by atoms with Crippen molar-refractivity contribution in [1.82, 2.24) is 4.90 Å². The second-order valence-corrected chi connectivity index (χ2v) is 5.53. The molecule has 1 fully saturated rings. The van der Waals surface area contributed by atoms with Gasteiger partial charge in [-0.15, -0.1) is 0 Å². The van der Waals surface area contributed by atoms with E-state index in [0.29, 0.717) is 32.1 Å². The number of hydrogen-bond acceptors (Lipinski definition) is 2. The fourth-order valence-corrected chi connectivity index (χ4v) is 3.07. The number of nitrogens with zero attached hydrogens (tertiary/aromatic N) is 1. The molecule has 1 rings (SSSR count). The lowest BCUT2D eigenvalue weighted by Crippen LogP contribution is -2.49. The third-order valence-corrected chi connectivity index (χ3v) is 4.17. The predicted octanol–water partition coefficient (Wildman–Crippen LogP) is 3.07. The molecule has 1 aliphatic rings. The van der Waals surface area contributed by atoms with E-state index in [1.807, 2.05) is 0 Å². The van der Waals surface area contributed by atoms with Crippen LogP contribution in [0.25, 0.3) is 0 Å². The first-order chi connectivity index (χ1) is 9.71. The van der Waals surface area contributed by atoms with Crippen LogP contribution < -0.4 is 0 Å². The molecule has 2 atom stereocenters. The Morgan fingerprint density at radius 3 is 2.14 bits per heavy atom. The van der Waals surface area contributed by atoms with E-state index in [-0.39, 0.29) is 0 Å². The number of carbonyl (C=O) groups excluding carboxylic acids is 1. The Morgan fingerprint density at radius 1 is 1.19 bits per heavy atom. The summed E-state index contributed by atoms with van der Waals surface area (Å²) in [6, 6.07) is -0.505.